The van der Waals surface area contributed by atoms with Gasteiger partial charge in [0.2, 0.25) is 5.88 Å². The van der Waals surface area contributed by atoms with Gasteiger partial charge in [-0.15, -0.1) is 0 Å². The van der Waals surface area contributed by atoms with Crippen molar-refractivity contribution in [3.8, 4) is 11.6 Å². The topological polar surface area (TPSA) is 46.6 Å². The molecule has 1 saturated heterocycles. The van der Waals surface area contributed by atoms with E-state index >= 15 is 0 Å². The summed E-state index contributed by atoms with van der Waals surface area (Å²) in [6, 6.07) is 11.3. The fraction of sp³-hybridized carbons (Fsp3) is 0.522. The minimum atomic E-state index is 0.417. The molecule has 2 atom stereocenters. The number of aromatic nitrogens is 1. The summed E-state index contributed by atoms with van der Waals surface area (Å²) in [5, 5.41) is 3.60. The smallest absolute Gasteiger partial charge is 0.215 e. The highest BCUT2D eigenvalue weighted by atomic mass is 16.5. The fourth-order valence-electron chi connectivity index (χ4n) is 4.38. The number of ether oxygens (including phenoxy) is 2. The van der Waals surface area contributed by atoms with Gasteiger partial charge in [0.05, 0.1) is 13.7 Å². The van der Waals surface area contributed by atoms with Gasteiger partial charge in [0.1, 0.15) is 5.75 Å². The number of anilines is 1. The van der Waals surface area contributed by atoms with Gasteiger partial charge in [-0.1, -0.05) is 12.1 Å². The van der Waals surface area contributed by atoms with Gasteiger partial charge in [-0.2, -0.15) is 0 Å². The quantitative estimate of drug-likeness (QED) is 0.812. The average molecular weight is 382 g/mol. The predicted octanol–water partition coefficient (Wildman–Crippen LogP) is 4.22. The number of hydrogen-bond donors (Lipinski definition) is 1. The minimum absolute atomic E-state index is 0.417. The number of nitrogens with zero attached hydrogens (tertiary/aromatic N) is 2. The van der Waals surface area contributed by atoms with E-state index in [1.807, 2.05) is 13.0 Å². The summed E-state index contributed by atoms with van der Waals surface area (Å²) >= 11 is 0. The summed E-state index contributed by atoms with van der Waals surface area (Å²) in [5.74, 6) is 2.39. The third-order valence-corrected chi connectivity index (χ3v) is 6.03. The number of methoxy groups -OCH3 is 1. The second kappa shape index (κ2) is 8.39. The van der Waals surface area contributed by atoms with E-state index in [2.05, 4.69) is 46.4 Å². The van der Waals surface area contributed by atoms with E-state index in [9.17, 15) is 0 Å². The Balaban J connectivity index is 1.37. The summed E-state index contributed by atoms with van der Waals surface area (Å²) in [7, 11) is 1.66. The van der Waals surface area contributed by atoms with Crippen LogP contribution in [0.3, 0.4) is 0 Å². The van der Waals surface area contributed by atoms with Crippen molar-refractivity contribution < 1.29 is 9.47 Å². The molecule has 1 N–H and O–H groups in total. The highest BCUT2D eigenvalue weighted by molar-refractivity contribution is 5.47. The third kappa shape index (κ3) is 4.25. The SMILES string of the molecule is COc1cc(NCC2CCCN(C(C)c3ccc4c(c3)OCC4)C2)cc(C)n1. The molecule has 28 heavy (non-hydrogen) atoms. The Labute approximate surface area is 168 Å². The Morgan fingerprint density at radius 2 is 2.21 bits per heavy atom. The molecule has 4 rings (SSSR count). The first-order valence-electron chi connectivity index (χ1n) is 10.4. The molecule has 0 amide bonds. The highest BCUT2D eigenvalue weighted by Crippen LogP contribution is 2.32. The summed E-state index contributed by atoms with van der Waals surface area (Å²) in [6.07, 6.45) is 3.56. The third-order valence-electron chi connectivity index (χ3n) is 6.03. The molecule has 1 fully saturated rings. The van der Waals surface area contributed by atoms with Gasteiger partial charge in [-0.05, 0) is 62.4 Å². The zero-order chi connectivity index (χ0) is 19.5. The number of fused-ring (bicyclic) bond motifs is 1. The molecule has 2 aromatic rings. The molecule has 2 aliphatic rings. The Hall–Kier alpha value is -2.27. The van der Waals surface area contributed by atoms with Crippen LogP contribution in [0.15, 0.2) is 30.3 Å². The molecule has 2 unspecified atom stereocenters. The molecule has 0 aliphatic carbocycles. The van der Waals surface area contributed by atoms with Crippen molar-refractivity contribution in [2.75, 3.05) is 38.7 Å². The lowest BCUT2D eigenvalue weighted by Gasteiger charge is -2.37. The van der Waals surface area contributed by atoms with E-state index in [1.165, 1.54) is 24.0 Å². The van der Waals surface area contributed by atoms with Crippen LogP contribution < -0.4 is 14.8 Å². The van der Waals surface area contributed by atoms with E-state index in [-0.39, 0.29) is 0 Å². The van der Waals surface area contributed by atoms with Crippen molar-refractivity contribution in [3.63, 3.8) is 0 Å². The highest BCUT2D eigenvalue weighted by Gasteiger charge is 2.25. The second-order valence-electron chi connectivity index (χ2n) is 8.07. The van der Waals surface area contributed by atoms with Gasteiger partial charge in [0.25, 0.3) is 0 Å². The summed E-state index contributed by atoms with van der Waals surface area (Å²) in [4.78, 5) is 6.98. The van der Waals surface area contributed by atoms with E-state index in [1.54, 1.807) is 7.11 Å². The van der Waals surface area contributed by atoms with Crippen LogP contribution >= 0.6 is 0 Å². The number of piperidine rings is 1. The molecular weight excluding hydrogens is 350 g/mol. The maximum absolute atomic E-state index is 5.77. The van der Waals surface area contributed by atoms with E-state index in [0.29, 0.717) is 17.8 Å². The molecule has 0 radical (unpaired) electrons. The zero-order valence-electron chi connectivity index (χ0n) is 17.2. The van der Waals surface area contributed by atoms with Crippen LogP contribution in [0, 0.1) is 12.8 Å². The van der Waals surface area contributed by atoms with Gasteiger partial charge in [0, 0.05) is 43.0 Å². The van der Waals surface area contributed by atoms with Gasteiger partial charge in [-0.3, -0.25) is 4.90 Å². The summed E-state index contributed by atoms with van der Waals surface area (Å²) in [5.41, 5.74) is 4.77. The predicted molar refractivity (Wildman–Crippen MR) is 112 cm³/mol. The fourth-order valence-corrected chi connectivity index (χ4v) is 4.38. The van der Waals surface area contributed by atoms with Crippen molar-refractivity contribution in [2.45, 2.75) is 39.2 Å². The summed E-state index contributed by atoms with van der Waals surface area (Å²) < 4.78 is 11.1. The lowest BCUT2D eigenvalue weighted by Crippen LogP contribution is -2.39. The molecule has 0 saturated carbocycles. The first-order chi connectivity index (χ1) is 13.6. The van der Waals surface area contributed by atoms with E-state index in [0.717, 1.165) is 49.8 Å². The Morgan fingerprint density at radius 3 is 3.07 bits per heavy atom. The van der Waals surface area contributed by atoms with Crippen molar-refractivity contribution in [2.24, 2.45) is 5.92 Å². The van der Waals surface area contributed by atoms with Gasteiger partial charge < -0.3 is 14.8 Å². The van der Waals surface area contributed by atoms with Gasteiger partial charge in [0.15, 0.2) is 0 Å². The summed E-state index contributed by atoms with van der Waals surface area (Å²) in [6.45, 7) is 8.40. The van der Waals surface area contributed by atoms with Crippen LogP contribution in [-0.4, -0.2) is 43.2 Å². The molecule has 1 aromatic heterocycles. The van der Waals surface area contributed by atoms with Crippen molar-refractivity contribution in [1.29, 1.82) is 0 Å². The van der Waals surface area contributed by atoms with E-state index < -0.39 is 0 Å². The van der Waals surface area contributed by atoms with E-state index in [4.69, 9.17) is 9.47 Å². The van der Waals surface area contributed by atoms with Gasteiger partial charge >= 0.3 is 0 Å². The van der Waals surface area contributed by atoms with Crippen LogP contribution in [0.2, 0.25) is 0 Å². The number of likely N-dealkylation sites (tertiary alicyclic amines) is 1. The Kier molecular flexibility index (Phi) is 5.72. The molecule has 2 aliphatic heterocycles. The molecule has 150 valence electrons. The Morgan fingerprint density at radius 1 is 1.32 bits per heavy atom. The van der Waals surface area contributed by atoms with Crippen LogP contribution in [0.5, 0.6) is 11.6 Å². The maximum atomic E-state index is 5.77. The zero-order valence-corrected chi connectivity index (χ0v) is 17.2. The molecule has 0 spiro atoms. The number of nitrogens with one attached hydrogen (secondary N) is 1. The molecule has 5 nitrogen and oxygen atoms in total. The normalized spacial score (nSPS) is 20.3. The van der Waals surface area contributed by atoms with Crippen LogP contribution in [0.4, 0.5) is 5.69 Å². The second-order valence-corrected chi connectivity index (χ2v) is 8.07. The number of benzene rings is 1. The molecule has 5 heteroatoms. The molecule has 0 bridgehead atoms. The van der Waals surface area contributed by atoms with Crippen molar-refractivity contribution in [3.05, 3.63) is 47.2 Å². The monoisotopic (exact) mass is 381 g/mol. The largest absolute Gasteiger partial charge is 0.493 e. The molecule has 1 aromatic carbocycles. The van der Waals surface area contributed by atoms with Crippen LogP contribution in [0.25, 0.3) is 0 Å². The van der Waals surface area contributed by atoms with Crippen LogP contribution in [-0.2, 0) is 6.42 Å². The lowest BCUT2D eigenvalue weighted by molar-refractivity contribution is 0.136. The number of pyridine rings is 1. The number of aryl methyl sites for hydroxylation is 1. The van der Waals surface area contributed by atoms with Crippen molar-refractivity contribution >= 4 is 5.69 Å². The average Bonchev–Trinajstić information content (AvgIpc) is 3.19. The molecular formula is C23H31N3O2. The Bertz CT molecular complexity index is 823. The first kappa shape index (κ1) is 19.1. The van der Waals surface area contributed by atoms with Crippen molar-refractivity contribution in [1.82, 2.24) is 9.88 Å². The van der Waals surface area contributed by atoms with Crippen LogP contribution in [0.1, 0.15) is 42.6 Å². The molecule has 3 heterocycles. The standard InChI is InChI=1S/C23H31N3O2/c1-16-11-21(13-23(25-16)27-3)24-14-18-5-4-9-26(15-18)17(2)20-7-6-19-8-10-28-22(19)12-20/h6-7,11-13,17-18H,4-5,8-10,14-15H2,1-3H3,(H,24,25). The number of rotatable bonds is 6. The number of hydrogen-bond acceptors (Lipinski definition) is 5. The minimum Gasteiger partial charge on any atom is -0.493 e. The lowest BCUT2D eigenvalue weighted by atomic mass is 9.94. The first-order valence-corrected chi connectivity index (χ1v) is 10.4. The van der Waals surface area contributed by atoms with Gasteiger partial charge in [-0.25, -0.2) is 4.98 Å². The maximum Gasteiger partial charge on any atom is 0.215 e.